The molecule has 27 heavy (non-hydrogen) atoms. The number of nitrogens with one attached hydrogen (secondary N) is 1. The second kappa shape index (κ2) is 8.92. The van der Waals surface area contributed by atoms with Gasteiger partial charge in [-0.2, -0.15) is 4.31 Å². The van der Waals surface area contributed by atoms with Crippen molar-refractivity contribution in [3.63, 3.8) is 0 Å². The predicted octanol–water partition coefficient (Wildman–Crippen LogP) is 0.287. The molecular formula is C18H23N5O3S. The van der Waals surface area contributed by atoms with Gasteiger partial charge in [-0.25, -0.2) is 18.4 Å². The molecule has 0 radical (unpaired) electrons. The average molecular weight is 389 g/mol. The predicted molar refractivity (Wildman–Crippen MR) is 103 cm³/mol. The lowest BCUT2D eigenvalue weighted by Crippen LogP contribution is -2.50. The maximum absolute atomic E-state index is 12.5. The Morgan fingerprint density at radius 3 is 2.33 bits per heavy atom. The number of carbonyl (C=O) groups excluding carboxylic acids is 1. The lowest BCUT2D eigenvalue weighted by atomic mass is 10.1. The van der Waals surface area contributed by atoms with Crippen molar-refractivity contribution < 1.29 is 13.2 Å². The Kier molecular flexibility index (Phi) is 6.36. The zero-order chi connectivity index (χ0) is 19.1. The van der Waals surface area contributed by atoms with Crippen LogP contribution in [0.3, 0.4) is 0 Å². The lowest BCUT2D eigenvalue weighted by Gasteiger charge is -2.33. The van der Waals surface area contributed by atoms with Crippen molar-refractivity contribution >= 4 is 21.9 Å². The number of aromatic nitrogens is 2. The summed E-state index contributed by atoms with van der Waals surface area (Å²) in [6.07, 6.45) is 3.59. The fourth-order valence-electron chi connectivity index (χ4n) is 2.91. The highest BCUT2D eigenvalue weighted by Gasteiger charge is 2.27. The number of piperazine rings is 1. The zero-order valence-corrected chi connectivity index (χ0v) is 15.8. The summed E-state index contributed by atoms with van der Waals surface area (Å²) in [5.41, 5.74) is 0.900. The number of hydrogen-bond donors (Lipinski definition) is 1. The van der Waals surface area contributed by atoms with Crippen LogP contribution < -0.4 is 10.2 Å². The van der Waals surface area contributed by atoms with Crippen LogP contribution in [0.2, 0.25) is 0 Å². The summed E-state index contributed by atoms with van der Waals surface area (Å²) in [6, 6.07) is 11.1. The SMILES string of the molecule is O=C(Cc1ccccc1)NCCS(=O)(=O)N1CCN(c2ncccn2)CC1. The van der Waals surface area contributed by atoms with E-state index in [9.17, 15) is 13.2 Å². The molecule has 1 fully saturated rings. The van der Waals surface area contributed by atoms with E-state index in [1.807, 2.05) is 35.2 Å². The summed E-state index contributed by atoms with van der Waals surface area (Å²) in [5.74, 6) is 0.334. The quantitative estimate of drug-likeness (QED) is 0.731. The molecule has 144 valence electrons. The highest BCUT2D eigenvalue weighted by molar-refractivity contribution is 7.89. The first-order valence-corrected chi connectivity index (χ1v) is 10.5. The Hall–Kier alpha value is -2.52. The van der Waals surface area contributed by atoms with E-state index in [0.717, 1.165) is 5.56 Å². The third kappa shape index (κ3) is 5.48. The second-order valence-electron chi connectivity index (χ2n) is 6.26. The second-order valence-corrected chi connectivity index (χ2v) is 8.35. The van der Waals surface area contributed by atoms with Crippen LogP contribution in [-0.4, -0.2) is 67.1 Å². The van der Waals surface area contributed by atoms with Crippen molar-refractivity contribution in [2.75, 3.05) is 43.4 Å². The molecule has 1 aromatic heterocycles. The van der Waals surface area contributed by atoms with Gasteiger partial charge in [0.05, 0.1) is 12.2 Å². The lowest BCUT2D eigenvalue weighted by molar-refractivity contribution is -0.120. The zero-order valence-electron chi connectivity index (χ0n) is 15.0. The first-order valence-electron chi connectivity index (χ1n) is 8.85. The van der Waals surface area contributed by atoms with Crippen LogP contribution >= 0.6 is 0 Å². The first-order chi connectivity index (χ1) is 13.0. The van der Waals surface area contributed by atoms with E-state index in [-0.39, 0.29) is 24.6 Å². The minimum Gasteiger partial charge on any atom is -0.355 e. The molecule has 2 aromatic rings. The number of sulfonamides is 1. The molecule has 1 amide bonds. The van der Waals surface area contributed by atoms with Crippen LogP contribution in [0.15, 0.2) is 48.8 Å². The Bertz CT molecular complexity index is 838. The number of nitrogens with zero attached hydrogens (tertiary/aromatic N) is 4. The summed E-state index contributed by atoms with van der Waals surface area (Å²) in [4.78, 5) is 22.3. The molecule has 1 aromatic carbocycles. The van der Waals surface area contributed by atoms with Gasteiger partial charge < -0.3 is 10.2 Å². The highest BCUT2D eigenvalue weighted by Crippen LogP contribution is 2.12. The van der Waals surface area contributed by atoms with Crippen LogP contribution in [0.4, 0.5) is 5.95 Å². The number of rotatable bonds is 7. The van der Waals surface area contributed by atoms with E-state index in [4.69, 9.17) is 0 Å². The van der Waals surface area contributed by atoms with E-state index >= 15 is 0 Å². The van der Waals surface area contributed by atoms with Gasteiger partial charge in [-0.1, -0.05) is 30.3 Å². The monoisotopic (exact) mass is 389 g/mol. The summed E-state index contributed by atoms with van der Waals surface area (Å²) in [7, 11) is -3.41. The largest absolute Gasteiger partial charge is 0.355 e. The number of hydrogen-bond acceptors (Lipinski definition) is 6. The first kappa shape index (κ1) is 19.2. The Labute approximate surface area is 159 Å². The molecule has 0 bridgehead atoms. The summed E-state index contributed by atoms with van der Waals surface area (Å²) >= 11 is 0. The molecule has 0 atom stereocenters. The van der Waals surface area contributed by atoms with E-state index in [1.54, 1.807) is 18.5 Å². The third-order valence-corrected chi connectivity index (χ3v) is 6.23. The molecule has 0 saturated carbocycles. The minimum atomic E-state index is -3.41. The van der Waals surface area contributed by atoms with Crippen LogP contribution in [0, 0.1) is 0 Å². The molecule has 2 heterocycles. The fraction of sp³-hybridized carbons (Fsp3) is 0.389. The summed E-state index contributed by atoms with van der Waals surface area (Å²) in [5, 5.41) is 2.69. The Morgan fingerprint density at radius 1 is 1.00 bits per heavy atom. The van der Waals surface area contributed by atoms with Gasteiger partial charge in [0.1, 0.15) is 0 Å². The maximum atomic E-state index is 12.5. The van der Waals surface area contributed by atoms with Gasteiger partial charge in [-0.3, -0.25) is 4.79 Å². The van der Waals surface area contributed by atoms with Crippen LogP contribution in [0.1, 0.15) is 5.56 Å². The molecule has 0 aliphatic carbocycles. The molecule has 8 nitrogen and oxygen atoms in total. The van der Waals surface area contributed by atoms with Crippen molar-refractivity contribution in [3.8, 4) is 0 Å². The van der Waals surface area contributed by atoms with Crippen molar-refractivity contribution in [1.82, 2.24) is 19.6 Å². The van der Waals surface area contributed by atoms with E-state index in [1.165, 1.54) is 4.31 Å². The molecule has 1 aliphatic heterocycles. The fourth-order valence-corrected chi connectivity index (χ4v) is 4.25. The van der Waals surface area contributed by atoms with E-state index in [2.05, 4.69) is 15.3 Å². The van der Waals surface area contributed by atoms with Crippen molar-refractivity contribution in [2.24, 2.45) is 0 Å². The number of amides is 1. The van der Waals surface area contributed by atoms with Gasteiger partial charge in [0, 0.05) is 45.1 Å². The van der Waals surface area contributed by atoms with Crippen LogP contribution in [0.25, 0.3) is 0 Å². The minimum absolute atomic E-state index is 0.102. The molecule has 0 unspecified atom stereocenters. The molecule has 9 heteroatoms. The molecular weight excluding hydrogens is 366 g/mol. The van der Waals surface area contributed by atoms with E-state index in [0.29, 0.717) is 32.1 Å². The van der Waals surface area contributed by atoms with Crippen molar-refractivity contribution in [2.45, 2.75) is 6.42 Å². The van der Waals surface area contributed by atoms with Crippen molar-refractivity contribution in [3.05, 3.63) is 54.4 Å². The third-order valence-electron chi connectivity index (χ3n) is 4.36. The van der Waals surface area contributed by atoms with Gasteiger partial charge in [-0.15, -0.1) is 0 Å². The average Bonchev–Trinajstić information content (AvgIpc) is 2.69. The van der Waals surface area contributed by atoms with E-state index < -0.39 is 10.0 Å². The number of anilines is 1. The van der Waals surface area contributed by atoms with Crippen molar-refractivity contribution in [1.29, 1.82) is 0 Å². The summed E-state index contributed by atoms with van der Waals surface area (Å²) < 4.78 is 26.5. The van der Waals surface area contributed by atoms with Gasteiger partial charge in [0.25, 0.3) is 0 Å². The number of benzene rings is 1. The molecule has 0 spiro atoms. The van der Waals surface area contributed by atoms with Gasteiger partial charge in [0.15, 0.2) is 0 Å². The summed E-state index contributed by atoms with van der Waals surface area (Å²) in [6.45, 7) is 1.97. The highest BCUT2D eigenvalue weighted by atomic mass is 32.2. The standard InChI is InChI=1S/C18H23N5O3S/c24-17(15-16-5-2-1-3-6-16)19-9-14-27(25,26)23-12-10-22(11-13-23)18-20-7-4-8-21-18/h1-8H,9-15H2,(H,19,24). The maximum Gasteiger partial charge on any atom is 0.225 e. The topological polar surface area (TPSA) is 95.5 Å². The van der Waals surface area contributed by atoms with Gasteiger partial charge in [0.2, 0.25) is 21.9 Å². The molecule has 1 aliphatic rings. The van der Waals surface area contributed by atoms with Crippen LogP contribution in [-0.2, 0) is 21.2 Å². The normalized spacial score (nSPS) is 15.5. The number of carbonyl (C=O) groups is 1. The smallest absolute Gasteiger partial charge is 0.225 e. The molecule has 3 rings (SSSR count). The Morgan fingerprint density at radius 2 is 1.67 bits per heavy atom. The van der Waals surface area contributed by atoms with Gasteiger partial charge in [-0.05, 0) is 11.6 Å². The van der Waals surface area contributed by atoms with Gasteiger partial charge >= 0.3 is 0 Å². The molecule has 1 N–H and O–H groups in total. The Balaban J connectivity index is 1.43. The van der Waals surface area contributed by atoms with Crippen LogP contribution in [0.5, 0.6) is 0 Å². The molecule has 1 saturated heterocycles.